The Morgan fingerprint density at radius 2 is 2.15 bits per heavy atom. The highest BCUT2D eigenvalue weighted by atomic mass is 35.5. The molecule has 1 heterocycles. The molecule has 2 rings (SSSR count). The normalized spacial score (nSPS) is 12.3. The SMILES string of the molecule is CCCC(C(=O)O)n1nnnc1-c1ccc(Cl)c(Cl)c1. The highest BCUT2D eigenvalue weighted by molar-refractivity contribution is 6.42. The number of rotatable bonds is 5. The number of hydrogen-bond acceptors (Lipinski definition) is 4. The van der Waals surface area contributed by atoms with Crippen molar-refractivity contribution in [3.63, 3.8) is 0 Å². The van der Waals surface area contributed by atoms with E-state index >= 15 is 0 Å². The Balaban J connectivity index is 2.46. The van der Waals surface area contributed by atoms with Crippen LogP contribution in [0.4, 0.5) is 0 Å². The third-order valence-electron chi connectivity index (χ3n) is 2.81. The van der Waals surface area contributed by atoms with Gasteiger partial charge in [-0.2, -0.15) is 0 Å². The topological polar surface area (TPSA) is 80.9 Å². The molecular formula is C12H12Cl2N4O2. The van der Waals surface area contributed by atoms with Gasteiger partial charge in [-0.3, -0.25) is 0 Å². The van der Waals surface area contributed by atoms with E-state index in [1.165, 1.54) is 4.68 Å². The van der Waals surface area contributed by atoms with Gasteiger partial charge in [0.1, 0.15) is 0 Å². The molecule has 8 heteroatoms. The Hall–Kier alpha value is -1.66. The molecule has 1 unspecified atom stereocenters. The summed E-state index contributed by atoms with van der Waals surface area (Å²) in [6, 6.07) is 4.12. The quantitative estimate of drug-likeness (QED) is 0.917. The molecule has 0 saturated heterocycles. The lowest BCUT2D eigenvalue weighted by Crippen LogP contribution is -2.21. The second-order valence-corrected chi connectivity index (χ2v) is 5.03. The molecule has 0 aliphatic carbocycles. The number of nitrogens with zero attached hydrogens (tertiary/aromatic N) is 4. The van der Waals surface area contributed by atoms with E-state index in [2.05, 4.69) is 15.5 Å². The van der Waals surface area contributed by atoms with Crippen LogP contribution in [0.25, 0.3) is 11.4 Å². The van der Waals surface area contributed by atoms with Crippen molar-refractivity contribution in [2.75, 3.05) is 0 Å². The molecule has 0 aliphatic heterocycles. The number of carboxylic acid groups (broad SMARTS) is 1. The van der Waals surface area contributed by atoms with Gasteiger partial charge in [0.05, 0.1) is 10.0 Å². The predicted molar refractivity (Wildman–Crippen MR) is 74.9 cm³/mol. The molecule has 0 spiro atoms. The summed E-state index contributed by atoms with van der Waals surface area (Å²) in [4.78, 5) is 11.3. The highest BCUT2D eigenvalue weighted by Gasteiger charge is 2.24. The maximum absolute atomic E-state index is 11.3. The predicted octanol–water partition coefficient (Wildman–Crippen LogP) is 3.07. The Kier molecular flexibility index (Phi) is 4.57. The zero-order valence-corrected chi connectivity index (χ0v) is 12.1. The number of aromatic nitrogens is 4. The van der Waals surface area contributed by atoms with E-state index < -0.39 is 12.0 Å². The standard InChI is InChI=1S/C12H12Cl2N4O2/c1-2-3-10(12(19)20)18-11(15-16-17-18)7-4-5-8(13)9(14)6-7/h4-6,10H,2-3H2,1H3,(H,19,20). The summed E-state index contributed by atoms with van der Waals surface area (Å²) in [6.07, 6.45) is 1.15. The van der Waals surface area contributed by atoms with Crippen LogP contribution >= 0.6 is 23.2 Å². The average Bonchev–Trinajstić information content (AvgIpc) is 2.87. The van der Waals surface area contributed by atoms with Crippen LogP contribution in [0.2, 0.25) is 10.0 Å². The van der Waals surface area contributed by atoms with Gasteiger partial charge in [-0.15, -0.1) is 5.10 Å². The highest BCUT2D eigenvalue weighted by Crippen LogP contribution is 2.28. The summed E-state index contributed by atoms with van der Waals surface area (Å²) in [5, 5.41) is 21.3. The van der Waals surface area contributed by atoms with Crippen LogP contribution in [0.3, 0.4) is 0 Å². The van der Waals surface area contributed by atoms with Gasteiger partial charge in [0.15, 0.2) is 11.9 Å². The summed E-state index contributed by atoms with van der Waals surface area (Å²) >= 11 is 11.8. The van der Waals surface area contributed by atoms with Crippen molar-refractivity contribution >= 4 is 29.2 Å². The van der Waals surface area contributed by atoms with Crippen LogP contribution in [-0.2, 0) is 4.79 Å². The second kappa shape index (κ2) is 6.19. The largest absolute Gasteiger partial charge is 0.480 e. The lowest BCUT2D eigenvalue weighted by Gasteiger charge is -2.13. The molecule has 1 aromatic heterocycles. The number of carbonyl (C=O) groups is 1. The molecule has 0 amide bonds. The van der Waals surface area contributed by atoms with Crippen molar-refractivity contribution in [2.45, 2.75) is 25.8 Å². The summed E-state index contributed by atoms with van der Waals surface area (Å²) in [7, 11) is 0. The van der Waals surface area contributed by atoms with Crippen LogP contribution in [-0.4, -0.2) is 31.3 Å². The maximum Gasteiger partial charge on any atom is 0.328 e. The average molecular weight is 315 g/mol. The Bertz CT molecular complexity index is 630. The Morgan fingerprint density at radius 1 is 1.40 bits per heavy atom. The third-order valence-corrected chi connectivity index (χ3v) is 3.55. The van der Waals surface area contributed by atoms with Crippen LogP contribution in [0, 0.1) is 0 Å². The number of carboxylic acids is 1. The summed E-state index contributed by atoms with van der Waals surface area (Å²) in [5.74, 6) is -0.620. The van der Waals surface area contributed by atoms with Crippen molar-refractivity contribution < 1.29 is 9.90 Å². The summed E-state index contributed by atoms with van der Waals surface area (Å²) in [6.45, 7) is 1.90. The molecule has 1 N–H and O–H groups in total. The number of benzene rings is 1. The van der Waals surface area contributed by atoms with Gasteiger partial charge in [0.25, 0.3) is 0 Å². The molecule has 0 fully saturated rings. The van der Waals surface area contributed by atoms with Crippen molar-refractivity contribution in [2.24, 2.45) is 0 Å². The van der Waals surface area contributed by atoms with Gasteiger partial charge >= 0.3 is 5.97 Å². The molecule has 0 bridgehead atoms. The van der Waals surface area contributed by atoms with Crippen molar-refractivity contribution in [3.8, 4) is 11.4 Å². The monoisotopic (exact) mass is 314 g/mol. The first kappa shape index (κ1) is 14.7. The smallest absolute Gasteiger partial charge is 0.328 e. The third kappa shape index (κ3) is 2.91. The first-order chi connectivity index (χ1) is 9.54. The van der Waals surface area contributed by atoms with E-state index in [1.807, 2.05) is 6.92 Å². The van der Waals surface area contributed by atoms with E-state index in [9.17, 15) is 9.90 Å². The number of hydrogen-bond donors (Lipinski definition) is 1. The molecular weight excluding hydrogens is 303 g/mol. The van der Waals surface area contributed by atoms with E-state index in [4.69, 9.17) is 23.2 Å². The van der Waals surface area contributed by atoms with E-state index in [0.717, 1.165) is 0 Å². The van der Waals surface area contributed by atoms with Crippen molar-refractivity contribution in [1.29, 1.82) is 0 Å². The Labute approximate surface area is 125 Å². The van der Waals surface area contributed by atoms with Gasteiger partial charge in [-0.25, -0.2) is 9.48 Å². The molecule has 0 aliphatic rings. The first-order valence-corrected chi connectivity index (χ1v) is 6.76. The molecule has 0 radical (unpaired) electrons. The minimum absolute atomic E-state index is 0.351. The molecule has 6 nitrogen and oxygen atoms in total. The van der Waals surface area contributed by atoms with Gasteiger partial charge in [0.2, 0.25) is 0 Å². The zero-order chi connectivity index (χ0) is 14.7. The number of halogens is 2. The van der Waals surface area contributed by atoms with Gasteiger partial charge in [0, 0.05) is 5.56 Å². The first-order valence-electron chi connectivity index (χ1n) is 6.00. The van der Waals surface area contributed by atoms with Crippen LogP contribution in [0.1, 0.15) is 25.8 Å². The molecule has 1 aromatic carbocycles. The van der Waals surface area contributed by atoms with Crippen LogP contribution < -0.4 is 0 Å². The van der Waals surface area contributed by atoms with Crippen LogP contribution in [0.15, 0.2) is 18.2 Å². The molecule has 0 saturated carbocycles. The zero-order valence-electron chi connectivity index (χ0n) is 10.6. The van der Waals surface area contributed by atoms with Gasteiger partial charge in [-0.1, -0.05) is 36.5 Å². The van der Waals surface area contributed by atoms with Crippen molar-refractivity contribution in [1.82, 2.24) is 20.2 Å². The fourth-order valence-corrected chi connectivity index (χ4v) is 2.15. The number of tetrazole rings is 1. The minimum Gasteiger partial charge on any atom is -0.480 e. The Morgan fingerprint density at radius 3 is 2.75 bits per heavy atom. The fourth-order valence-electron chi connectivity index (χ4n) is 1.85. The maximum atomic E-state index is 11.3. The van der Waals surface area contributed by atoms with Gasteiger partial charge in [-0.05, 0) is 35.0 Å². The second-order valence-electron chi connectivity index (χ2n) is 4.22. The minimum atomic E-state index is -0.972. The molecule has 20 heavy (non-hydrogen) atoms. The van der Waals surface area contributed by atoms with E-state index in [1.54, 1.807) is 18.2 Å². The van der Waals surface area contributed by atoms with Gasteiger partial charge < -0.3 is 5.11 Å². The van der Waals surface area contributed by atoms with Crippen LogP contribution in [0.5, 0.6) is 0 Å². The molecule has 106 valence electrons. The lowest BCUT2D eigenvalue weighted by atomic mass is 10.1. The van der Waals surface area contributed by atoms with Crippen molar-refractivity contribution in [3.05, 3.63) is 28.2 Å². The summed E-state index contributed by atoms with van der Waals surface area (Å²) < 4.78 is 1.30. The lowest BCUT2D eigenvalue weighted by molar-refractivity contribution is -0.141. The van der Waals surface area contributed by atoms with E-state index in [0.29, 0.717) is 34.3 Å². The van der Waals surface area contributed by atoms with E-state index in [-0.39, 0.29) is 0 Å². The molecule has 2 aromatic rings. The fraction of sp³-hybridized carbons (Fsp3) is 0.333. The molecule has 1 atom stereocenters. The number of aliphatic carboxylic acids is 1. The summed E-state index contributed by atoms with van der Waals surface area (Å²) in [5.41, 5.74) is 0.617.